The number of nitrogens with zero attached hydrogens (tertiary/aromatic N) is 5. The topological polar surface area (TPSA) is 85.7 Å². The van der Waals surface area contributed by atoms with Crippen LogP contribution in [0.2, 0.25) is 0 Å². The Morgan fingerprint density at radius 2 is 2.21 bits per heavy atom. The normalized spacial score (nSPS) is 11.0. The lowest BCUT2D eigenvalue weighted by molar-refractivity contribution is -0.0505. The summed E-state index contributed by atoms with van der Waals surface area (Å²) < 4.78 is 32.3. The highest BCUT2D eigenvalue weighted by atomic mass is 19.3. The molecule has 2 heterocycles. The van der Waals surface area contributed by atoms with Gasteiger partial charge in [0.05, 0.1) is 30.7 Å². The Balaban J connectivity index is 2.05. The van der Waals surface area contributed by atoms with Crippen molar-refractivity contribution in [2.24, 2.45) is 7.05 Å². The minimum absolute atomic E-state index is 0.0271. The number of hydrogen-bond donors (Lipinski definition) is 0. The Kier molecular flexibility index (Phi) is 3.95. The third-order valence-corrected chi connectivity index (χ3v) is 3.47. The van der Waals surface area contributed by atoms with Crippen LogP contribution < -0.4 is 10.3 Å². The van der Waals surface area contributed by atoms with Crippen LogP contribution in [0.3, 0.4) is 0 Å². The van der Waals surface area contributed by atoms with Gasteiger partial charge < -0.3 is 4.74 Å². The Labute approximate surface area is 134 Å². The third kappa shape index (κ3) is 2.81. The fraction of sp³-hybridized carbons (Fsp3) is 0.200. The van der Waals surface area contributed by atoms with Crippen LogP contribution in [-0.2, 0) is 13.6 Å². The maximum atomic E-state index is 12.6. The van der Waals surface area contributed by atoms with Crippen molar-refractivity contribution < 1.29 is 13.5 Å². The molecule has 0 aliphatic heterocycles. The second-order valence-electron chi connectivity index (χ2n) is 4.99. The number of hydrogen-bond acceptors (Lipinski definition) is 5. The molecule has 0 saturated carbocycles. The standard InChI is InChI=1S/C15H11F2N5O2/c1-21-13-11(6-20-21)19-8-22(14(13)23)7-10-3-2-9(5-18)4-12(10)24-15(16)17/h2-4,6,8,15H,7H2,1H3. The Morgan fingerprint density at radius 3 is 2.92 bits per heavy atom. The lowest BCUT2D eigenvalue weighted by Gasteiger charge is -2.12. The summed E-state index contributed by atoms with van der Waals surface area (Å²) in [6.45, 7) is -3.06. The number of benzene rings is 1. The third-order valence-electron chi connectivity index (χ3n) is 3.47. The van der Waals surface area contributed by atoms with Crippen LogP contribution in [0.15, 0.2) is 35.5 Å². The number of aryl methyl sites for hydroxylation is 1. The molecule has 24 heavy (non-hydrogen) atoms. The van der Waals surface area contributed by atoms with Crippen LogP contribution in [0.4, 0.5) is 8.78 Å². The number of nitriles is 1. The molecule has 1 aromatic carbocycles. The van der Waals surface area contributed by atoms with Crippen LogP contribution in [0, 0.1) is 11.3 Å². The second-order valence-corrected chi connectivity index (χ2v) is 4.99. The predicted molar refractivity (Wildman–Crippen MR) is 79.7 cm³/mol. The van der Waals surface area contributed by atoms with Gasteiger partial charge in [0.25, 0.3) is 5.56 Å². The van der Waals surface area contributed by atoms with E-state index in [-0.39, 0.29) is 23.4 Å². The Hall–Kier alpha value is -3.28. The van der Waals surface area contributed by atoms with Crippen molar-refractivity contribution in [3.05, 3.63) is 52.2 Å². The van der Waals surface area contributed by atoms with E-state index in [1.54, 1.807) is 7.05 Å². The van der Waals surface area contributed by atoms with Gasteiger partial charge in [-0.05, 0) is 12.1 Å². The van der Waals surface area contributed by atoms with Gasteiger partial charge in [0.2, 0.25) is 0 Å². The van der Waals surface area contributed by atoms with Crippen molar-refractivity contribution in [3.63, 3.8) is 0 Å². The first-order valence-electron chi connectivity index (χ1n) is 6.84. The summed E-state index contributed by atoms with van der Waals surface area (Å²) in [7, 11) is 1.61. The van der Waals surface area contributed by atoms with Gasteiger partial charge in [0, 0.05) is 12.6 Å². The highest BCUT2D eigenvalue weighted by Gasteiger charge is 2.14. The van der Waals surface area contributed by atoms with Gasteiger partial charge in [-0.15, -0.1) is 0 Å². The zero-order valence-electron chi connectivity index (χ0n) is 12.5. The summed E-state index contributed by atoms with van der Waals surface area (Å²) in [4.78, 5) is 16.6. The maximum absolute atomic E-state index is 12.6. The number of ether oxygens (including phenoxy) is 1. The monoisotopic (exact) mass is 331 g/mol. The SMILES string of the molecule is Cn1ncc2ncn(Cc3ccc(C#N)cc3OC(F)F)c(=O)c21. The number of aromatic nitrogens is 4. The van der Waals surface area contributed by atoms with E-state index in [1.165, 1.54) is 40.0 Å². The minimum Gasteiger partial charge on any atom is -0.434 e. The second kappa shape index (κ2) is 6.08. The zero-order valence-corrected chi connectivity index (χ0v) is 12.5. The first-order chi connectivity index (χ1) is 11.5. The van der Waals surface area contributed by atoms with Gasteiger partial charge in [-0.1, -0.05) is 6.07 Å². The first-order valence-corrected chi connectivity index (χ1v) is 6.84. The highest BCUT2D eigenvalue weighted by Crippen LogP contribution is 2.23. The summed E-state index contributed by atoms with van der Waals surface area (Å²) in [6, 6.07) is 6.00. The molecule has 7 nitrogen and oxygen atoms in total. The van der Waals surface area contributed by atoms with Crippen molar-refractivity contribution in [3.8, 4) is 11.8 Å². The first kappa shape index (κ1) is 15.6. The quantitative estimate of drug-likeness (QED) is 0.725. The van der Waals surface area contributed by atoms with E-state index in [1.807, 2.05) is 6.07 Å². The fourth-order valence-electron chi connectivity index (χ4n) is 2.35. The van der Waals surface area contributed by atoms with E-state index in [0.717, 1.165) is 0 Å². The molecule has 3 aromatic rings. The molecule has 3 rings (SSSR count). The van der Waals surface area contributed by atoms with E-state index in [2.05, 4.69) is 14.8 Å². The molecule has 0 spiro atoms. The summed E-state index contributed by atoms with van der Waals surface area (Å²) in [6.07, 6.45) is 2.78. The van der Waals surface area contributed by atoms with Crippen molar-refractivity contribution in [1.82, 2.24) is 19.3 Å². The van der Waals surface area contributed by atoms with Crippen molar-refractivity contribution in [1.29, 1.82) is 5.26 Å². The molecule has 0 unspecified atom stereocenters. The van der Waals surface area contributed by atoms with Crippen LogP contribution in [-0.4, -0.2) is 25.9 Å². The highest BCUT2D eigenvalue weighted by molar-refractivity contribution is 5.72. The molecule has 0 saturated heterocycles. The molecular weight excluding hydrogens is 320 g/mol. The van der Waals surface area contributed by atoms with Gasteiger partial charge in [-0.3, -0.25) is 14.0 Å². The molecule has 2 aromatic heterocycles. The van der Waals surface area contributed by atoms with E-state index in [0.29, 0.717) is 16.6 Å². The molecule has 9 heteroatoms. The molecular formula is C15H11F2N5O2. The predicted octanol–water partition coefficient (Wildman–Crippen LogP) is 1.65. The number of halogens is 2. The molecule has 0 N–H and O–H groups in total. The average Bonchev–Trinajstić information content (AvgIpc) is 2.93. The number of alkyl halides is 2. The van der Waals surface area contributed by atoms with Crippen LogP contribution in [0.1, 0.15) is 11.1 Å². The number of rotatable bonds is 4. The van der Waals surface area contributed by atoms with E-state index < -0.39 is 6.61 Å². The van der Waals surface area contributed by atoms with E-state index >= 15 is 0 Å². The molecule has 0 radical (unpaired) electrons. The van der Waals surface area contributed by atoms with E-state index in [9.17, 15) is 13.6 Å². The van der Waals surface area contributed by atoms with E-state index in [4.69, 9.17) is 5.26 Å². The fourth-order valence-corrected chi connectivity index (χ4v) is 2.35. The van der Waals surface area contributed by atoms with Crippen molar-refractivity contribution in [2.45, 2.75) is 13.2 Å². The lowest BCUT2D eigenvalue weighted by atomic mass is 10.1. The molecule has 0 bridgehead atoms. The maximum Gasteiger partial charge on any atom is 0.387 e. The summed E-state index contributed by atoms with van der Waals surface area (Å²) in [5.74, 6) is -0.152. The van der Waals surface area contributed by atoms with Gasteiger partial charge in [-0.25, -0.2) is 4.98 Å². The molecule has 0 aliphatic rings. The Bertz CT molecular complexity index is 1000. The van der Waals surface area contributed by atoms with Crippen LogP contribution >= 0.6 is 0 Å². The van der Waals surface area contributed by atoms with Gasteiger partial charge in [-0.2, -0.15) is 19.1 Å². The summed E-state index contributed by atoms with van der Waals surface area (Å²) in [5.41, 5.74) is 0.916. The smallest absolute Gasteiger partial charge is 0.387 e. The molecule has 0 amide bonds. The summed E-state index contributed by atoms with van der Waals surface area (Å²) in [5, 5.41) is 12.8. The molecule has 0 atom stereocenters. The zero-order chi connectivity index (χ0) is 17.3. The molecule has 0 aliphatic carbocycles. The average molecular weight is 331 g/mol. The van der Waals surface area contributed by atoms with Gasteiger partial charge in [0.1, 0.15) is 11.3 Å². The van der Waals surface area contributed by atoms with Crippen molar-refractivity contribution >= 4 is 11.0 Å². The molecule has 122 valence electrons. The van der Waals surface area contributed by atoms with Gasteiger partial charge >= 0.3 is 6.61 Å². The van der Waals surface area contributed by atoms with Crippen LogP contribution in [0.5, 0.6) is 5.75 Å². The number of fused-ring (bicyclic) bond motifs is 1. The minimum atomic E-state index is -3.04. The largest absolute Gasteiger partial charge is 0.434 e. The van der Waals surface area contributed by atoms with Crippen molar-refractivity contribution in [2.75, 3.05) is 0 Å². The lowest BCUT2D eigenvalue weighted by Crippen LogP contribution is -2.23. The van der Waals surface area contributed by atoms with Gasteiger partial charge in [0.15, 0.2) is 5.52 Å². The summed E-state index contributed by atoms with van der Waals surface area (Å²) >= 11 is 0. The van der Waals surface area contributed by atoms with Crippen LogP contribution in [0.25, 0.3) is 11.0 Å². The Morgan fingerprint density at radius 1 is 1.42 bits per heavy atom. The molecule has 0 fully saturated rings.